The molecule has 3 rings (SSSR count). The lowest BCUT2D eigenvalue weighted by Gasteiger charge is -2.12. The molecular formula is C16H14FNOS. The molecule has 0 spiro atoms. The van der Waals surface area contributed by atoms with Crippen LogP contribution in [0, 0.1) is 5.82 Å². The van der Waals surface area contributed by atoms with Crippen LogP contribution < -0.4 is 5.73 Å². The summed E-state index contributed by atoms with van der Waals surface area (Å²) < 4.78 is 19.0. The molecule has 102 valence electrons. The molecule has 0 fully saturated rings. The van der Waals surface area contributed by atoms with Crippen LogP contribution in [0.4, 0.5) is 4.39 Å². The van der Waals surface area contributed by atoms with Crippen molar-refractivity contribution in [1.82, 2.24) is 0 Å². The number of halogens is 1. The maximum atomic E-state index is 13.2. The Kier molecular flexibility index (Phi) is 3.51. The van der Waals surface area contributed by atoms with Gasteiger partial charge in [-0.2, -0.15) is 0 Å². The highest BCUT2D eigenvalue weighted by Crippen LogP contribution is 2.31. The van der Waals surface area contributed by atoms with Crippen LogP contribution >= 0.6 is 11.8 Å². The van der Waals surface area contributed by atoms with Gasteiger partial charge in [-0.3, -0.25) is 0 Å². The van der Waals surface area contributed by atoms with Gasteiger partial charge in [0, 0.05) is 10.3 Å². The molecule has 0 saturated carbocycles. The second-order valence-electron chi connectivity index (χ2n) is 4.55. The normalized spacial score (nSPS) is 12.8. The highest BCUT2D eigenvalue weighted by molar-refractivity contribution is 7.98. The fourth-order valence-corrected chi connectivity index (χ4v) is 2.91. The van der Waals surface area contributed by atoms with Crippen molar-refractivity contribution >= 4 is 22.7 Å². The standard InChI is InChI=1S/C16H14FNOS/c1-20-15-5-3-2-4-12(15)16(18)14-9-10-8-11(17)6-7-13(10)19-14/h2-9,16H,18H2,1H3. The van der Waals surface area contributed by atoms with E-state index in [2.05, 4.69) is 0 Å². The molecule has 0 aliphatic rings. The Balaban J connectivity index is 2.05. The molecule has 2 nitrogen and oxygen atoms in total. The van der Waals surface area contributed by atoms with Gasteiger partial charge in [0.2, 0.25) is 0 Å². The zero-order valence-corrected chi connectivity index (χ0v) is 11.8. The lowest BCUT2D eigenvalue weighted by atomic mass is 10.1. The molecule has 0 aliphatic heterocycles. The molecule has 1 heterocycles. The summed E-state index contributed by atoms with van der Waals surface area (Å²) in [5.74, 6) is 0.370. The van der Waals surface area contributed by atoms with Crippen molar-refractivity contribution in [2.24, 2.45) is 5.73 Å². The van der Waals surface area contributed by atoms with Gasteiger partial charge in [0.05, 0.1) is 6.04 Å². The first kappa shape index (κ1) is 13.2. The highest BCUT2D eigenvalue weighted by atomic mass is 32.2. The van der Waals surface area contributed by atoms with E-state index in [1.54, 1.807) is 23.9 Å². The van der Waals surface area contributed by atoms with E-state index in [4.69, 9.17) is 10.2 Å². The van der Waals surface area contributed by atoms with E-state index in [0.717, 1.165) is 15.8 Å². The number of hydrogen-bond acceptors (Lipinski definition) is 3. The number of thioether (sulfide) groups is 1. The third kappa shape index (κ3) is 2.32. The van der Waals surface area contributed by atoms with E-state index >= 15 is 0 Å². The SMILES string of the molecule is CSc1ccccc1C(N)c1cc2cc(F)ccc2o1. The van der Waals surface area contributed by atoms with Crippen molar-refractivity contribution in [3.8, 4) is 0 Å². The zero-order valence-electron chi connectivity index (χ0n) is 11.0. The van der Waals surface area contributed by atoms with Gasteiger partial charge in [-0.25, -0.2) is 4.39 Å². The molecule has 1 atom stereocenters. The first-order valence-electron chi connectivity index (χ1n) is 6.26. The minimum atomic E-state index is -0.353. The maximum absolute atomic E-state index is 13.2. The molecule has 1 unspecified atom stereocenters. The van der Waals surface area contributed by atoms with Crippen molar-refractivity contribution in [3.63, 3.8) is 0 Å². The number of fused-ring (bicyclic) bond motifs is 1. The number of benzene rings is 2. The zero-order chi connectivity index (χ0) is 14.1. The Morgan fingerprint density at radius 3 is 2.75 bits per heavy atom. The summed E-state index contributed by atoms with van der Waals surface area (Å²) >= 11 is 1.65. The summed E-state index contributed by atoms with van der Waals surface area (Å²) in [6, 6.07) is 13.9. The van der Waals surface area contributed by atoms with Crippen LogP contribution in [0.25, 0.3) is 11.0 Å². The smallest absolute Gasteiger partial charge is 0.134 e. The Hall–Kier alpha value is -1.78. The van der Waals surface area contributed by atoms with Crippen LogP contribution in [0.3, 0.4) is 0 Å². The topological polar surface area (TPSA) is 39.2 Å². The average Bonchev–Trinajstić information content (AvgIpc) is 2.89. The Bertz CT molecular complexity index is 753. The van der Waals surface area contributed by atoms with Gasteiger partial charge in [0.25, 0.3) is 0 Å². The first-order chi connectivity index (χ1) is 9.69. The lowest BCUT2D eigenvalue weighted by molar-refractivity contribution is 0.522. The lowest BCUT2D eigenvalue weighted by Crippen LogP contribution is -2.11. The Morgan fingerprint density at radius 1 is 1.15 bits per heavy atom. The number of nitrogens with two attached hydrogens (primary N) is 1. The van der Waals surface area contributed by atoms with Crippen molar-refractivity contribution in [2.75, 3.05) is 6.26 Å². The number of hydrogen-bond donors (Lipinski definition) is 1. The van der Waals surface area contributed by atoms with Crippen LogP contribution in [0.2, 0.25) is 0 Å². The van der Waals surface area contributed by atoms with E-state index in [-0.39, 0.29) is 11.9 Å². The van der Waals surface area contributed by atoms with Gasteiger partial charge in [0.15, 0.2) is 0 Å². The van der Waals surface area contributed by atoms with E-state index in [1.807, 2.05) is 30.5 Å². The van der Waals surface area contributed by atoms with Gasteiger partial charge < -0.3 is 10.2 Å². The van der Waals surface area contributed by atoms with Gasteiger partial charge >= 0.3 is 0 Å². The molecule has 2 aromatic carbocycles. The number of rotatable bonds is 3. The molecule has 0 aliphatic carbocycles. The van der Waals surface area contributed by atoms with Crippen LogP contribution in [0.5, 0.6) is 0 Å². The summed E-state index contributed by atoms with van der Waals surface area (Å²) in [5.41, 5.74) is 7.96. The van der Waals surface area contributed by atoms with Crippen LogP contribution in [0.15, 0.2) is 57.8 Å². The molecule has 0 radical (unpaired) electrons. The third-order valence-corrected chi connectivity index (χ3v) is 4.09. The molecule has 0 saturated heterocycles. The van der Waals surface area contributed by atoms with Crippen molar-refractivity contribution in [2.45, 2.75) is 10.9 Å². The van der Waals surface area contributed by atoms with Crippen LogP contribution in [0.1, 0.15) is 17.4 Å². The monoisotopic (exact) mass is 287 g/mol. The van der Waals surface area contributed by atoms with Crippen molar-refractivity contribution in [1.29, 1.82) is 0 Å². The summed E-state index contributed by atoms with van der Waals surface area (Å²) in [4.78, 5) is 1.12. The predicted molar refractivity (Wildman–Crippen MR) is 80.4 cm³/mol. The second-order valence-corrected chi connectivity index (χ2v) is 5.40. The molecule has 3 aromatic rings. The average molecular weight is 287 g/mol. The highest BCUT2D eigenvalue weighted by Gasteiger charge is 2.17. The predicted octanol–water partition coefficient (Wildman–Crippen LogP) is 4.34. The summed E-state index contributed by atoms with van der Waals surface area (Å²) in [6.45, 7) is 0. The minimum Gasteiger partial charge on any atom is -0.459 e. The fourth-order valence-electron chi connectivity index (χ4n) is 2.26. The summed E-state index contributed by atoms with van der Waals surface area (Å²) in [5, 5.41) is 0.733. The maximum Gasteiger partial charge on any atom is 0.134 e. The molecule has 2 N–H and O–H groups in total. The summed E-state index contributed by atoms with van der Waals surface area (Å²) in [6.07, 6.45) is 2.01. The Morgan fingerprint density at radius 2 is 1.95 bits per heavy atom. The van der Waals surface area contributed by atoms with E-state index in [9.17, 15) is 4.39 Å². The van der Waals surface area contributed by atoms with E-state index in [1.165, 1.54) is 12.1 Å². The van der Waals surface area contributed by atoms with Crippen molar-refractivity contribution < 1.29 is 8.81 Å². The van der Waals surface area contributed by atoms with Gasteiger partial charge in [-0.15, -0.1) is 11.8 Å². The van der Waals surface area contributed by atoms with E-state index < -0.39 is 0 Å². The summed E-state index contributed by atoms with van der Waals surface area (Å²) in [7, 11) is 0. The van der Waals surface area contributed by atoms with Gasteiger partial charge in [0.1, 0.15) is 17.2 Å². The minimum absolute atomic E-state index is 0.275. The molecule has 20 heavy (non-hydrogen) atoms. The molecule has 0 bridgehead atoms. The molecule has 4 heteroatoms. The van der Waals surface area contributed by atoms with Crippen molar-refractivity contribution in [3.05, 3.63) is 65.7 Å². The second kappa shape index (κ2) is 5.31. The number of furan rings is 1. The fraction of sp³-hybridized carbons (Fsp3) is 0.125. The Labute approximate surface area is 120 Å². The largest absolute Gasteiger partial charge is 0.459 e. The molecule has 1 aromatic heterocycles. The van der Waals surface area contributed by atoms with E-state index in [0.29, 0.717) is 11.3 Å². The van der Waals surface area contributed by atoms with Crippen LogP contribution in [-0.2, 0) is 0 Å². The first-order valence-corrected chi connectivity index (χ1v) is 7.49. The third-order valence-electron chi connectivity index (χ3n) is 3.28. The quantitative estimate of drug-likeness (QED) is 0.728. The van der Waals surface area contributed by atoms with Gasteiger partial charge in [-0.1, -0.05) is 18.2 Å². The van der Waals surface area contributed by atoms with Crippen LogP contribution in [-0.4, -0.2) is 6.26 Å². The molecular weight excluding hydrogens is 273 g/mol. The van der Waals surface area contributed by atoms with Gasteiger partial charge in [-0.05, 0) is 42.2 Å². The molecule has 0 amide bonds.